The molecule has 1 atom stereocenters. The van der Waals surface area contributed by atoms with Gasteiger partial charge in [-0.25, -0.2) is 10.5 Å². The van der Waals surface area contributed by atoms with Crippen LogP contribution in [0, 0.1) is 5.53 Å². The van der Waals surface area contributed by atoms with Gasteiger partial charge in [0.25, 0.3) is 0 Å². The molecule has 1 aromatic heterocycles. The maximum absolute atomic E-state index is 12.2. The van der Waals surface area contributed by atoms with E-state index in [9.17, 15) is 14.4 Å². The average Bonchev–Trinajstić information content (AvgIpc) is 3.47. The summed E-state index contributed by atoms with van der Waals surface area (Å²) in [4.78, 5) is 46.0. The van der Waals surface area contributed by atoms with Gasteiger partial charge in [-0.3, -0.25) is 24.3 Å². The topological polar surface area (TPSA) is 223 Å². The van der Waals surface area contributed by atoms with Gasteiger partial charge in [-0.05, 0) is 56.3 Å². The Balaban J connectivity index is 1.89. The number of amides is 3. The van der Waals surface area contributed by atoms with Crippen molar-refractivity contribution >= 4 is 23.9 Å². The van der Waals surface area contributed by atoms with Crippen LogP contribution in [0.2, 0.25) is 0 Å². The average molecular weight is 640 g/mol. The molecule has 1 unspecified atom stereocenters. The smallest absolute Gasteiger partial charge is 0.237 e. The van der Waals surface area contributed by atoms with Gasteiger partial charge in [0.05, 0.1) is 13.1 Å². The summed E-state index contributed by atoms with van der Waals surface area (Å²) in [5.41, 5.74) is 26.0. The van der Waals surface area contributed by atoms with Crippen molar-refractivity contribution in [2.75, 3.05) is 39.3 Å². The van der Waals surface area contributed by atoms with Crippen molar-refractivity contribution in [3.63, 3.8) is 0 Å². The lowest BCUT2D eigenvalue weighted by Gasteiger charge is -2.23. The highest BCUT2D eigenvalue weighted by Gasteiger charge is 2.13. The van der Waals surface area contributed by atoms with E-state index in [1.807, 2.05) is 12.1 Å². The quantitative estimate of drug-likeness (QED) is 0.0507. The molecule has 14 nitrogen and oxygen atoms in total. The zero-order chi connectivity index (χ0) is 33.4. The molecule has 0 aliphatic heterocycles. The van der Waals surface area contributed by atoms with Crippen LogP contribution in [0.1, 0.15) is 68.3 Å². The summed E-state index contributed by atoms with van der Waals surface area (Å²) in [5.74, 6) is 0.257. The van der Waals surface area contributed by atoms with E-state index in [2.05, 4.69) is 42.8 Å². The second-order valence-corrected chi connectivity index (χ2v) is 11.3. The van der Waals surface area contributed by atoms with Crippen LogP contribution in [0.3, 0.4) is 0 Å². The SMILES string of the molecule is N=NC(C=NCCCNC(=O)CN)Cc1ccc(CN(CCCCCC(=O)NCCCCCN)Cc2nccn2CC(N)=O)cc1. The fourth-order valence-electron chi connectivity index (χ4n) is 4.86. The molecule has 2 aromatic rings. The predicted octanol–water partition coefficient (Wildman–Crippen LogP) is 1.65. The first-order valence-electron chi connectivity index (χ1n) is 16.2. The van der Waals surface area contributed by atoms with Gasteiger partial charge in [0.1, 0.15) is 18.4 Å². The number of nitrogens with one attached hydrogen (secondary N) is 3. The Hall–Kier alpha value is -4.01. The summed E-state index contributed by atoms with van der Waals surface area (Å²) >= 11 is 0. The highest BCUT2D eigenvalue weighted by atomic mass is 16.2. The minimum atomic E-state index is -0.419. The Bertz CT molecular complexity index is 1200. The fraction of sp³-hybridized carbons (Fsp3) is 0.594. The largest absolute Gasteiger partial charge is 0.368 e. The molecule has 3 amide bonds. The number of rotatable bonds is 26. The normalized spacial score (nSPS) is 12.0. The lowest BCUT2D eigenvalue weighted by molar-refractivity contribution is -0.121. The van der Waals surface area contributed by atoms with Crippen molar-refractivity contribution in [2.24, 2.45) is 27.3 Å². The summed E-state index contributed by atoms with van der Waals surface area (Å²) < 4.78 is 1.78. The third-order valence-corrected chi connectivity index (χ3v) is 7.36. The molecule has 1 aromatic carbocycles. The predicted molar refractivity (Wildman–Crippen MR) is 179 cm³/mol. The number of benzene rings is 1. The number of nitrogens with zero attached hydrogens (tertiary/aromatic N) is 5. The number of carbonyl (C=O) groups excluding carboxylic acids is 3. The van der Waals surface area contributed by atoms with E-state index in [1.54, 1.807) is 23.2 Å². The number of primary amides is 1. The molecule has 0 bridgehead atoms. The molecule has 0 saturated carbocycles. The third-order valence-electron chi connectivity index (χ3n) is 7.36. The van der Waals surface area contributed by atoms with Gasteiger partial charge in [-0.15, -0.1) is 0 Å². The van der Waals surface area contributed by atoms with Crippen molar-refractivity contribution in [1.82, 2.24) is 25.1 Å². The number of hydrogen-bond donors (Lipinski definition) is 6. The van der Waals surface area contributed by atoms with E-state index in [4.69, 9.17) is 22.7 Å². The Kier molecular flexibility index (Phi) is 19.4. The van der Waals surface area contributed by atoms with Crippen LogP contribution in [0.4, 0.5) is 0 Å². The summed E-state index contributed by atoms with van der Waals surface area (Å²) in [6.45, 7) is 4.52. The van der Waals surface area contributed by atoms with Crippen molar-refractivity contribution in [3.8, 4) is 0 Å². The maximum atomic E-state index is 12.2. The molecular weight excluding hydrogens is 586 g/mol. The summed E-state index contributed by atoms with van der Waals surface area (Å²) in [6.07, 6.45) is 12.5. The number of nitrogens with two attached hydrogens (primary N) is 3. The number of imidazole rings is 1. The first kappa shape index (κ1) is 38.2. The van der Waals surface area contributed by atoms with Crippen LogP contribution in [0.5, 0.6) is 0 Å². The molecule has 0 spiro atoms. The Morgan fingerprint density at radius 2 is 1.65 bits per heavy atom. The standard InChI is InChI=1S/C32H53N11O3/c33-13-4-2-5-15-39-31(45)8-3-1-6-18-42(25-30-38-17-19-43(30)24-29(35)44)23-27-11-9-26(10-12-27)20-28(41-36)22-37-14-7-16-40-32(46)21-34/h9-12,17,19,22,28,36H,1-8,13-16,18,20-21,23-25,33-34H2,(H2,35,44)(H,39,45)(H,40,46). The Morgan fingerprint density at radius 3 is 2.37 bits per heavy atom. The van der Waals surface area contributed by atoms with E-state index >= 15 is 0 Å². The van der Waals surface area contributed by atoms with E-state index in [1.165, 1.54) is 0 Å². The number of aromatic nitrogens is 2. The first-order chi connectivity index (χ1) is 22.3. The van der Waals surface area contributed by atoms with Gasteiger partial charge in [-0.1, -0.05) is 37.1 Å². The van der Waals surface area contributed by atoms with Crippen LogP contribution in [0.15, 0.2) is 46.8 Å². The van der Waals surface area contributed by atoms with Gasteiger partial charge in [-0.2, -0.15) is 5.11 Å². The second-order valence-electron chi connectivity index (χ2n) is 11.3. The van der Waals surface area contributed by atoms with Gasteiger partial charge in [0, 0.05) is 57.6 Å². The summed E-state index contributed by atoms with van der Waals surface area (Å²) in [6, 6.07) is 7.89. The zero-order valence-corrected chi connectivity index (χ0v) is 27.0. The molecule has 254 valence electrons. The lowest BCUT2D eigenvalue weighted by atomic mass is 10.0. The molecule has 1 heterocycles. The molecule has 46 heavy (non-hydrogen) atoms. The number of carbonyl (C=O) groups is 3. The Labute approximate surface area is 272 Å². The molecule has 2 rings (SSSR count). The van der Waals surface area contributed by atoms with Crippen LogP contribution in [-0.4, -0.2) is 83.7 Å². The van der Waals surface area contributed by atoms with Crippen molar-refractivity contribution < 1.29 is 14.4 Å². The number of hydrogen-bond acceptors (Lipinski definition) is 10. The lowest BCUT2D eigenvalue weighted by Crippen LogP contribution is -2.31. The van der Waals surface area contributed by atoms with Gasteiger partial charge >= 0.3 is 0 Å². The molecule has 0 aliphatic carbocycles. The minimum absolute atomic E-state index is 0.0273. The van der Waals surface area contributed by atoms with Crippen LogP contribution >= 0.6 is 0 Å². The van der Waals surface area contributed by atoms with Crippen molar-refractivity contribution in [1.29, 1.82) is 5.53 Å². The fourth-order valence-corrected chi connectivity index (χ4v) is 4.86. The summed E-state index contributed by atoms with van der Waals surface area (Å²) in [5, 5.41) is 9.40. The van der Waals surface area contributed by atoms with E-state index < -0.39 is 5.91 Å². The summed E-state index contributed by atoms with van der Waals surface area (Å²) in [7, 11) is 0. The Morgan fingerprint density at radius 1 is 0.935 bits per heavy atom. The molecule has 0 saturated heterocycles. The molecule has 0 fully saturated rings. The van der Waals surface area contributed by atoms with Crippen LogP contribution < -0.4 is 27.8 Å². The monoisotopic (exact) mass is 639 g/mol. The van der Waals surface area contributed by atoms with Gasteiger partial charge < -0.3 is 32.4 Å². The second kappa shape index (κ2) is 23.3. The minimum Gasteiger partial charge on any atom is -0.368 e. The molecular formula is C32H53N11O3. The van der Waals surface area contributed by atoms with Gasteiger partial charge in [0.2, 0.25) is 17.7 Å². The van der Waals surface area contributed by atoms with Gasteiger partial charge in [0.15, 0.2) is 0 Å². The van der Waals surface area contributed by atoms with Crippen molar-refractivity contribution in [3.05, 3.63) is 53.6 Å². The third kappa shape index (κ3) is 16.9. The van der Waals surface area contributed by atoms with Crippen molar-refractivity contribution in [2.45, 2.75) is 83.5 Å². The molecule has 9 N–H and O–H groups in total. The maximum Gasteiger partial charge on any atom is 0.237 e. The van der Waals surface area contributed by atoms with E-state index in [-0.39, 0.29) is 30.9 Å². The van der Waals surface area contributed by atoms with Crippen LogP contribution in [0.25, 0.3) is 0 Å². The van der Waals surface area contributed by atoms with E-state index in [0.29, 0.717) is 58.5 Å². The highest BCUT2D eigenvalue weighted by molar-refractivity contribution is 5.77. The van der Waals surface area contributed by atoms with E-state index in [0.717, 1.165) is 62.0 Å². The van der Waals surface area contributed by atoms with Crippen LogP contribution in [-0.2, 0) is 40.4 Å². The molecule has 14 heteroatoms. The zero-order valence-electron chi connectivity index (χ0n) is 27.0. The number of unbranched alkanes of at least 4 members (excludes halogenated alkanes) is 4. The molecule has 0 aliphatic rings. The highest BCUT2D eigenvalue weighted by Crippen LogP contribution is 2.14. The first-order valence-corrected chi connectivity index (χ1v) is 16.2. The number of aliphatic imine (C=N–C) groups is 1. The molecule has 0 radical (unpaired) electrons.